The summed E-state index contributed by atoms with van der Waals surface area (Å²) in [5.41, 5.74) is 0.919. The summed E-state index contributed by atoms with van der Waals surface area (Å²) in [7, 11) is 0. The van der Waals surface area contributed by atoms with Crippen LogP contribution in [0.25, 0.3) is 0 Å². The molecule has 1 aliphatic rings. The molecule has 1 aromatic heterocycles. The molecular formula is C16H17ClN4O. The number of para-hydroxylation sites is 1. The van der Waals surface area contributed by atoms with E-state index in [1.807, 2.05) is 12.1 Å². The van der Waals surface area contributed by atoms with Crippen LogP contribution in [0.15, 0.2) is 36.5 Å². The Labute approximate surface area is 134 Å². The first-order valence-corrected chi connectivity index (χ1v) is 7.76. The number of anilines is 2. The van der Waals surface area contributed by atoms with Gasteiger partial charge in [-0.3, -0.25) is 4.79 Å². The van der Waals surface area contributed by atoms with E-state index < -0.39 is 0 Å². The lowest BCUT2D eigenvalue weighted by Gasteiger charge is -2.26. The molecule has 0 radical (unpaired) electrons. The summed E-state index contributed by atoms with van der Waals surface area (Å²) in [5.74, 6) is 0.334. The second-order valence-corrected chi connectivity index (χ2v) is 5.63. The number of aromatic nitrogens is 2. The van der Waals surface area contributed by atoms with Crippen molar-refractivity contribution < 1.29 is 4.79 Å². The SMILES string of the molecule is O=C(Nc1ccccc1Cl)c1ccnc(N2CCCCC2)n1. The quantitative estimate of drug-likeness (QED) is 0.943. The maximum absolute atomic E-state index is 12.3. The van der Waals surface area contributed by atoms with Crippen molar-refractivity contribution in [1.29, 1.82) is 0 Å². The molecule has 3 rings (SSSR count). The zero-order chi connectivity index (χ0) is 15.4. The van der Waals surface area contributed by atoms with Crippen LogP contribution in [0.1, 0.15) is 29.8 Å². The van der Waals surface area contributed by atoms with E-state index in [1.54, 1.807) is 24.4 Å². The minimum Gasteiger partial charge on any atom is -0.341 e. The Bertz CT molecular complexity index is 671. The Kier molecular flexibility index (Phi) is 4.53. The first-order chi connectivity index (χ1) is 10.7. The van der Waals surface area contributed by atoms with Crippen LogP contribution in [0.4, 0.5) is 11.6 Å². The van der Waals surface area contributed by atoms with E-state index in [0.717, 1.165) is 25.9 Å². The van der Waals surface area contributed by atoms with Crippen molar-refractivity contribution in [3.63, 3.8) is 0 Å². The largest absolute Gasteiger partial charge is 0.341 e. The average molecular weight is 317 g/mol. The van der Waals surface area contributed by atoms with Crippen molar-refractivity contribution in [2.75, 3.05) is 23.3 Å². The van der Waals surface area contributed by atoms with Crippen LogP contribution in [-0.4, -0.2) is 29.0 Å². The van der Waals surface area contributed by atoms with Crippen LogP contribution in [0.3, 0.4) is 0 Å². The standard InChI is InChI=1S/C16H17ClN4O/c17-12-6-2-3-7-13(12)19-15(22)14-8-9-18-16(20-14)21-10-4-1-5-11-21/h2-3,6-9H,1,4-5,10-11H2,(H,19,22). The van der Waals surface area contributed by atoms with Gasteiger partial charge >= 0.3 is 0 Å². The molecule has 2 heterocycles. The van der Waals surface area contributed by atoms with Gasteiger partial charge in [-0.05, 0) is 37.5 Å². The Morgan fingerprint density at radius 2 is 1.91 bits per heavy atom. The Morgan fingerprint density at radius 1 is 1.14 bits per heavy atom. The summed E-state index contributed by atoms with van der Waals surface area (Å²) in [6, 6.07) is 8.74. The van der Waals surface area contributed by atoms with Crippen LogP contribution in [-0.2, 0) is 0 Å². The highest BCUT2D eigenvalue weighted by Gasteiger charge is 2.16. The molecule has 0 saturated carbocycles. The van der Waals surface area contributed by atoms with Crippen LogP contribution >= 0.6 is 11.6 Å². The molecule has 5 nitrogen and oxygen atoms in total. The molecule has 0 spiro atoms. The molecule has 0 bridgehead atoms. The zero-order valence-corrected chi connectivity index (χ0v) is 12.9. The number of hydrogen-bond donors (Lipinski definition) is 1. The van der Waals surface area contributed by atoms with Crippen LogP contribution in [0, 0.1) is 0 Å². The van der Waals surface area contributed by atoms with Gasteiger partial charge in [-0.1, -0.05) is 23.7 Å². The molecule has 1 saturated heterocycles. The van der Waals surface area contributed by atoms with Gasteiger partial charge in [0.15, 0.2) is 0 Å². The fourth-order valence-corrected chi connectivity index (χ4v) is 2.65. The molecule has 1 aromatic carbocycles. The first kappa shape index (κ1) is 14.8. The third kappa shape index (κ3) is 3.36. The van der Waals surface area contributed by atoms with Crippen LogP contribution < -0.4 is 10.2 Å². The molecule has 0 aliphatic carbocycles. The van der Waals surface area contributed by atoms with Crippen LogP contribution in [0.5, 0.6) is 0 Å². The van der Waals surface area contributed by atoms with Gasteiger partial charge in [0.05, 0.1) is 10.7 Å². The van der Waals surface area contributed by atoms with Crippen molar-refractivity contribution in [2.24, 2.45) is 0 Å². The maximum atomic E-state index is 12.3. The molecular weight excluding hydrogens is 300 g/mol. The highest BCUT2D eigenvalue weighted by Crippen LogP contribution is 2.21. The first-order valence-electron chi connectivity index (χ1n) is 7.38. The highest BCUT2D eigenvalue weighted by atomic mass is 35.5. The number of carbonyl (C=O) groups is 1. The number of halogens is 1. The fraction of sp³-hybridized carbons (Fsp3) is 0.312. The minimum absolute atomic E-state index is 0.284. The normalized spacial score (nSPS) is 14.7. The topological polar surface area (TPSA) is 58.1 Å². The predicted octanol–water partition coefficient (Wildman–Crippen LogP) is 3.37. The van der Waals surface area contributed by atoms with E-state index in [9.17, 15) is 4.79 Å². The maximum Gasteiger partial charge on any atom is 0.274 e. The molecule has 1 fully saturated rings. The van der Waals surface area contributed by atoms with E-state index in [2.05, 4.69) is 20.2 Å². The number of hydrogen-bond acceptors (Lipinski definition) is 4. The summed E-state index contributed by atoms with van der Waals surface area (Å²) >= 11 is 6.05. The van der Waals surface area contributed by atoms with E-state index in [0.29, 0.717) is 22.4 Å². The number of benzene rings is 1. The predicted molar refractivity (Wildman–Crippen MR) is 87.5 cm³/mol. The van der Waals surface area contributed by atoms with Gasteiger partial charge in [0, 0.05) is 19.3 Å². The van der Waals surface area contributed by atoms with Crippen molar-refractivity contribution in [3.8, 4) is 0 Å². The van der Waals surface area contributed by atoms with E-state index in [-0.39, 0.29) is 5.91 Å². The molecule has 1 N–H and O–H groups in total. The van der Waals surface area contributed by atoms with E-state index >= 15 is 0 Å². The Morgan fingerprint density at radius 3 is 2.68 bits per heavy atom. The van der Waals surface area contributed by atoms with Crippen LogP contribution in [0.2, 0.25) is 5.02 Å². The van der Waals surface area contributed by atoms with Crippen molar-refractivity contribution in [2.45, 2.75) is 19.3 Å². The summed E-state index contributed by atoms with van der Waals surface area (Å²) < 4.78 is 0. The number of amides is 1. The molecule has 1 amide bonds. The Hall–Kier alpha value is -2.14. The molecule has 2 aromatic rings. The lowest BCUT2D eigenvalue weighted by atomic mass is 10.1. The van der Waals surface area contributed by atoms with Gasteiger partial charge in [0.25, 0.3) is 5.91 Å². The van der Waals surface area contributed by atoms with E-state index in [4.69, 9.17) is 11.6 Å². The molecule has 1 aliphatic heterocycles. The van der Waals surface area contributed by atoms with Crippen molar-refractivity contribution >= 4 is 29.1 Å². The van der Waals surface area contributed by atoms with Crippen molar-refractivity contribution in [3.05, 3.63) is 47.2 Å². The molecule has 0 atom stereocenters. The number of carbonyl (C=O) groups excluding carboxylic acids is 1. The summed E-state index contributed by atoms with van der Waals surface area (Å²) in [5, 5.41) is 3.28. The Balaban J connectivity index is 1.76. The minimum atomic E-state index is -0.284. The average Bonchev–Trinajstić information content (AvgIpc) is 2.58. The van der Waals surface area contributed by atoms with Gasteiger partial charge < -0.3 is 10.2 Å². The third-order valence-electron chi connectivity index (χ3n) is 3.64. The summed E-state index contributed by atoms with van der Waals surface area (Å²) in [6.45, 7) is 1.88. The molecule has 114 valence electrons. The van der Waals surface area contributed by atoms with E-state index in [1.165, 1.54) is 6.42 Å². The van der Waals surface area contributed by atoms with Gasteiger partial charge in [-0.15, -0.1) is 0 Å². The fourth-order valence-electron chi connectivity index (χ4n) is 2.47. The highest BCUT2D eigenvalue weighted by molar-refractivity contribution is 6.33. The second-order valence-electron chi connectivity index (χ2n) is 5.22. The summed E-state index contributed by atoms with van der Waals surface area (Å²) in [4.78, 5) is 23.1. The monoisotopic (exact) mass is 316 g/mol. The number of nitrogens with zero attached hydrogens (tertiary/aromatic N) is 3. The van der Waals surface area contributed by atoms with Gasteiger partial charge in [0.1, 0.15) is 5.69 Å². The lowest BCUT2D eigenvalue weighted by molar-refractivity contribution is 0.102. The lowest BCUT2D eigenvalue weighted by Crippen LogP contribution is -2.31. The second kappa shape index (κ2) is 6.75. The molecule has 6 heteroatoms. The smallest absolute Gasteiger partial charge is 0.274 e. The number of piperidine rings is 1. The molecule has 0 unspecified atom stereocenters. The van der Waals surface area contributed by atoms with Gasteiger partial charge in [-0.25, -0.2) is 9.97 Å². The number of rotatable bonds is 3. The molecule has 22 heavy (non-hydrogen) atoms. The summed E-state index contributed by atoms with van der Waals surface area (Å²) in [6.07, 6.45) is 5.14. The van der Waals surface area contributed by atoms with Gasteiger partial charge in [-0.2, -0.15) is 0 Å². The third-order valence-corrected chi connectivity index (χ3v) is 3.97. The van der Waals surface area contributed by atoms with Gasteiger partial charge in [0.2, 0.25) is 5.95 Å². The zero-order valence-electron chi connectivity index (χ0n) is 12.1. The van der Waals surface area contributed by atoms with Crippen molar-refractivity contribution in [1.82, 2.24) is 9.97 Å². The number of nitrogens with one attached hydrogen (secondary N) is 1.